The first-order chi connectivity index (χ1) is 36.1. The van der Waals surface area contributed by atoms with Crippen LogP contribution < -0.4 is 37.6 Å². The second-order valence-electron chi connectivity index (χ2n) is 18.9. The van der Waals surface area contributed by atoms with Crippen molar-refractivity contribution in [1.29, 1.82) is 0 Å². The van der Waals surface area contributed by atoms with Gasteiger partial charge < -0.3 is 51.6 Å². The van der Waals surface area contributed by atoms with Crippen LogP contribution in [0.4, 0.5) is 21.0 Å². The molecular weight excluding hydrogens is 961 g/mol. The van der Waals surface area contributed by atoms with Gasteiger partial charge >= 0.3 is 12.1 Å². The Balaban J connectivity index is 1.23. The Morgan fingerprint density at radius 2 is 1.47 bits per heavy atom. The number of hydrogen-bond donors (Lipinski definition) is 7. The molecule has 0 aromatic heterocycles. The fraction of sp³-hybridized carbons (Fsp3) is 0.455. The lowest BCUT2D eigenvalue weighted by Crippen LogP contribution is -2.54. The number of nitrogens with zero attached hydrogens (tertiary/aromatic N) is 3. The minimum absolute atomic E-state index is 0.0144. The number of ether oxygens (including phenoxy) is 1. The molecule has 20 heteroatoms. The first kappa shape index (κ1) is 58.0. The van der Waals surface area contributed by atoms with Gasteiger partial charge in [-0.3, -0.25) is 34.1 Å². The average Bonchev–Trinajstić information content (AvgIpc) is 3.87. The van der Waals surface area contributed by atoms with Crippen molar-refractivity contribution in [3.63, 3.8) is 0 Å². The first-order valence-corrected chi connectivity index (χ1v) is 25.9. The van der Waals surface area contributed by atoms with E-state index in [0.717, 1.165) is 49.9 Å². The van der Waals surface area contributed by atoms with Gasteiger partial charge in [-0.05, 0) is 104 Å². The maximum atomic E-state index is 14.0. The summed E-state index contributed by atoms with van der Waals surface area (Å²) in [5, 5.41) is 16.1. The molecule has 1 fully saturated rings. The van der Waals surface area contributed by atoms with Gasteiger partial charge in [-0.15, -0.1) is 0 Å². The third-order valence-electron chi connectivity index (χ3n) is 12.5. The number of aldehydes is 1. The number of carbonyl (C=O) groups excluding carboxylic acids is 9. The molecule has 3 aromatic carbocycles. The largest absolute Gasteiger partial charge is 0.444 e. The Hall–Kier alpha value is -7.90. The second-order valence-corrected chi connectivity index (χ2v) is 18.9. The van der Waals surface area contributed by atoms with Gasteiger partial charge in [0.1, 0.15) is 30.8 Å². The molecule has 0 aliphatic carbocycles. The van der Waals surface area contributed by atoms with Gasteiger partial charge in [0.25, 0.3) is 5.91 Å². The van der Waals surface area contributed by atoms with Crippen LogP contribution >= 0.6 is 0 Å². The Bertz CT molecular complexity index is 2550. The summed E-state index contributed by atoms with van der Waals surface area (Å²) in [6.45, 7) is 10.3. The normalized spacial score (nSPS) is 13.6. The van der Waals surface area contributed by atoms with E-state index >= 15 is 0 Å². The number of urea groups is 1. The van der Waals surface area contributed by atoms with Gasteiger partial charge in [0.2, 0.25) is 29.5 Å². The van der Waals surface area contributed by atoms with Gasteiger partial charge in [0.15, 0.2) is 0 Å². The molecule has 5 rings (SSSR count). The zero-order valence-electron chi connectivity index (χ0n) is 43.5. The Kier molecular flexibility index (Phi) is 23.0. The van der Waals surface area contributed by atoms with Crippen LogP contribution in [-0.2, 0) is 40.1 Å². The number of carbonyl (C=O) groups is 9. The van der Waals surface area contributed by atoms with E-state index in [1.54, 1.807) is 43.0 Å². The quantitative estimate of drug-likeness (QED) is 0.0371. The van der Waals surface area contributed by atoms with Gasteiger partial charge in [-0.25, -0.2) is 14.6 Å². The standard InChI is InChI=1S/C55H72N10O10/c1-5-27-64(28-6-2)53(72)42-32-41-22-21-40(38-17-19-39(20-18-38)52(71)65-29-7-8-30-65)33-45(41)60-46(34-42)62-55(74)75-35-37-15-23-43(24-16-37)59-50(69)44(12-10-25-58-54(56)73)61-51(70)49(36(3)4)63-48(68)14-9-13-47(67)57-26-11-31-66/h15-24,31-33,36,44,49H,5-14,25-30,34-35H2,1-4H3,(H,57,67)(H,59,69)(H,61,70)(H,63,68)(H3,56,58,73)(H,60,62,74)/t44-,49-/m0/s1. The number of fused-ring (bicyclic) bond motifs is 1. The van der Waals surface area contributed by atoms with Crippen LogP contribution in [0.3, 0.4) is 0 Å². The molecule has 2 heterocycles. The highest BCUT2D eigenvalue weighted by Crippen LogP contribution is 2.33. The van der Waals surface area contributed by atoms with Crippen molar-refractivity contribution in [3.8, 4) is 11.1 Å². The fourth-order valence-corrected chi connectivity index (χ4v) is 8.54. The Morgan fingerprint density at radius 3 is 2.12 bits per heavy atom. The van der Waals surface area contributed by atoms with E-state index in [0.29, 0.717) is 53.0 Å². The molecule has 3 aromatic rings. The highest BCUT2D eigenvalue weighted by atomic mass is 16.5. The molecule has 2 aliphatic rings. The van der Waals surface area contributed by atoms with Gasteiger partial charge in [0.05, 0.1) is 5.69 Å². The molecule has 0 bridgehead atoms. The molecular formula is C55H72N10O10. The molecule has 402 valence electrons. The van der Waals surface area contributed by atoms with Crippen LogP contribution in [0, 0.1) is 5.92 Å². The number of aliphatic imine (C=N–C) groups is 1. The number of alkyl carbamates (subject to hydrolysis) is 1. The summed E-state index contributed by atoms with van der Waals surface area (Å²) in [5.74, 6) is -2.23. The fourth-order valence-electron chi connectivity index (χ4n) is 8.54. The molecule has 2 aliphatic heterocycles. The lowest BCUT2D eigenvalue weighted by Gasteiger charge is -2.25. The van der Waals surface area contributed by atoms with Crippen LogP contribution in [0.1, 0.15) is 120 Å². The van der Waals surface area contributed by atoms with Crippen LogP contribution in [0.15, 0.2) is 77.3 Å². The van der Waals surface area contributed by atoms with E-state index in [9.17, 15) is 43.2 Å². The monoisotopic (exact) mass is 1030 g/mol. The zero-order chi connectivity index (χ0) is 54.3. The Labute approximate surface area is 438 Å². The molecule has 0 radical (unpaired) electrons. The SMILES string of the molecule is CCCN(CCC)C(=O)C1=Cc2ccc(-c3ccc(C(=O)N4CCCC4)cc3)cc2N=C(NC(=O)OCc2ccc(NC(=O)[C@H](CCCNC(N)=O)NC(=O)[C@@H](NC(=O)CCCC(=O)NCCC=O)C(C)C)cc2)C1. The van der Waals surface area contributed by atoms with E-state index in [1.807, 2.05) is 67.3 Å². The molecule has 0 spiro atoms. The number of nitrogens with two attached hydrogens (primary N) is 1. The molecule has 0 unspecified atom stereocenters. The summed E-state index contributed by atoms with van der Waals surface area (Å²) in [5.41, 5.74) is 10.2. The summed E-state index contributed by atoms with van der Waals surface area (Å²) < 4.78 is 5.63. The predicted molar refractivity (Wildman–Crippen MR) is 285 cm³/mol. The molecule has 20 nitrogen and oxygen atoms in total. The second kappa shape index (κ2) is 29.7. The van der Waals surface area contributed by atoms with Crippen molar-refractivity contribution in [3.05, 3.63) is 89.0 Å². The number of amidine groups is 1. The number of likely N-dealkylation sites (tertiary alicyclic amines) is 1. The van der Waals surface area contributed by atoms with Crippen molar-refractivity contribution in [1.82, 2.24) is 36.4 Å². The summed E-state index contributed by atoms with van der Waals surface area (Å²) >= 11 is 0. The summed E-state index contributed by atoms with van der Waals surface area (Å²) in [4.78, 5) is 123. The number of primary amides is 1. The van der Waals surface area contributed by atoms with E-state index in [-0.39, 0.29) is 94.1 Å². The van der Waals surface area contributed by atoms with E-state index in [2.05, 4.69) is 31.9 Å². The van der Waals surface area contributed by atoms with Crippen molar-refractivity contribution < 1.29 is 47.9 Å². The first-order valence-electron chi connectivity index (χ1n) is 25.9. The van der Waals surface area contributed by atoms with E-state index in [4.69, 9.17) is 15.5 Å². The smallest absolute Gasteiger partial charge is 0.412 e. The predicted octanol–water partition coefficient (Wildman–Crippen LogP) is 5.87. The number of rotatable bonds is 26. The Morgan fingerprint density at radius 1 is 0.787 bits per heavy atom. The highest BCUT2D eigenvalue weighted by Gasteiger charge is 2.29. The number of amides is 9. The van der Waals surface area contributed by atoms with Crippen LogP contribution in [0.5, 0.6) is 0 Å². The number of anilines is 1. The average molecular weight is 1030 g/mol. The number of benzene rings is 3. The maximum absolute atomic E-state index is 14.0. The molecule has 1 saturated heterocycles. The highest BCUT2D eigenvalue weighted by molar-refractivity contribution is 6.09. The number of hydrogen-bond acceptors (Lipinski definition) is 11. The van der Waals surface area contributed by atoms with Gasteiger partial charge in [0, 0.05) is 87.3 Å². The minimum Gasteiger partial charge on any atom is -0.444 e. The van der Waals surface area contributed by atoms with Crippen molar-refractivity contribution in [2.45, 2.75) is 117 Å². The zero-order valence-corrected chi connectivity index (χ0v) is 43.5. The lowest BCUT2D eigenvalue weighted by molar-refractivity contribution is -0.132. The van der Waals surface area contributed by atoms with E-state index in [1.165, 1.54) is 0 Å². The summed E-state index contributed by atoms with van der Waals surface area (Å²) in [6, 6.07) is 16.8. The van der Waals surface area contributed by atoms with E-state index < -0.39 is 41.9 Å². The topological polar surface area (TPSA) is 280 Å². The third-order valence-corrected chi connectivity index (χ3v) is 12.5. The molecule has 9 amide bonds. The molecule has 0 saturated carbocycles. The molecule has 8 N–H and O–H groups in total. The third kappa shape index (κ3) is 18.5. The number of nitrogens with one attached hydrogen (secondary N) is 6. The van der Waals surface area contributed by atoms with Crippen LogP contribution in [0.25, 0.3) is 17.2 Å². The van der Waals surface area contributed by atoms with Crippen LogP contribution in [-0.4, -0.2) is 121 Å². The summed E-state index contributed by atoms with van der Waals surface area (Å²) in [7, 11) is 0. The lowest BCUT2D eigenvalue weighted by atomic mass is 9.99. The molecule has 2 atom stereocenters. The van der Waals surface area contributed by atoms with Crippen LogP contribution in [0.2, 0.25) is 0 Å². The minimum atomic E-state index is -1.09. The summed E-state index contributed by atoms with van der Waals surface area (Å²) in [6.07, 6.45) is 6.11. The van der Waals surface area contributed by atoms with Crippen molar-refractivity contribution in [2.24, 2.45) is 16.6 Å². The van der Waals surface area contributed by atoms with Gasteiger partial charge in [-0.2, -0.15) is 0 Å². The van der Waals surface area contributed by atoms with Gasteiger partial charge in [-0.1, -0.05) is 64.1 Å². The van der Waals surface area contributed by atoms with Crippen molar-refractivity contribution >= 4 is 77.1 Å². The molecule has 75 heavy (non-hydrogen) atoms. The van der Waals surface area contributed by atoms with Crippen molar-refractivity contribution in [2.75, 3.05) is 44.6 Å². The maximum Gasteiger partial charge on any atom is 0.412 e.